The van der Waals surface area contributed by atoms with Gasteiger partial charge >= 0.3 is 0 Å². The van der Waals surface area contributed by atoms with Crippen LogP contribution in [-0.2, 0) is 32.6 Å². The van der Waals surface area contributed by atoms with E-state index in [0.29, 0.717) is 5.69 Å². The summed E-state index contributed by atoms with van der Waals surface area (Å²) in [6, 6.07) is 12.3. The highest BCUT2D eigenvalue weighted by atomic mass is 32.2. The zero-order valence-corrected chi connectivity index (χ0v) is 20.7. The lowest BCUT2D eigenvalue weighted by Crippen LogP contribution is -2.45. The average Bonchev–Trinajstić information content (AvgIpc) is 2.72. The van der Waals surface area contributed by atoms with E-state index in [2.05, 4.69) is 34.1 Å². The number of anilines is 2. The lowest BCUT2D eigenvalue weighted by molar-refractivity contribution is -0.114. The van der Waals surface area contributed by atoms with Crippen molar-refractivity contribution >= 4 is 33.2 Å². The van der Waals surface area contributed by atoms with Gasteiger partial charge in [0, 0.05) is 38.8 Å². The van der Waals surface area contributed by atoms with Gasteiger partial charge in [0.25, 0.3) is 5.91 Å². The zero-order chi connectivity index (χ0) is 24.9. The zero-order valence-electron chi connectivity index (χ0n) is 19.9. The van der Waals surface area contributed by atoms with Crippen LogP contribution in [-0.4, -0.2) is 56.7 Å². The van der Waals surface area contributed by atoms with Crippen LogP contribution in [0.4, 0.5) is 11.4 Å². The molecule has 1 heterocycles. The number of ether oxygens (including phenoxy) is 1. The van der Waals surface area contributed by atoms with E-state index in [9.17, 15) is 18.0 Å². The van der Waals surface area contributed by atoms with Crippen molar-refractivity contribution in [3.05, 3.63) is 59.2 Å². The molecule has 10 heteroatoms. The molecule has 2 aromatic carbocycles. The van der Waals surface area contributed by atoms with Gasteiger partial charge < -0.3 is 15.4 Å². The van der Waals surface area contributed by atoms with E-state index in [4.69, 9.17) is 4.74 Å². The molecule has 9 nitrogen and oxygen atoms in total. The molecule has 0 aromatic heterocycles. The molecule has 2 aromatic rings. The third-order valence-corrected chi connectivity index (χ3v) is 5.92. The minimum atomic E-state index is -3.60. The lowest BCUT2D eigenvalue weighted by atomic mass is 10.1. The van der Waals surface area contributed by atoms with Crippen LogP contribution in [0.5, 0.6) is 0 Å². The quantitative estimate of drug-likeness (QED) is 0.526. The van der Waals surface area contributed by atoms with Crippen molar-refractivity contribution in [1.29, 1.82) is 0 Å². The number of nitrogens with zero attached hydrogens (tertiary/aromatic N) is 1. The van der Waals surface area contributed by atoms with Gasteiger partial charge in [0.15, 0.2) is 0 Å². The fourth-order valence-corrected chi connectivity index (χ4v) is 4.69. The van der Waals surface area contributed by atoms with E-state index < -0.39 is 15.9 Å². The van der Waals surface area contributed by atoms with Crippen LogP contribution < -0.4 is 15.4 Å². The number of hydrogen-bond donors (Lipinski definition) is 3. The maximum Gasteiger partial charge on any atom is 0.253 e. The largest absolute Gasteiger partial charge is 0.373 e. The number of rotatable bonds is 8. The first kappa shape index (κ1) is 25.7. The third kappa shape index (κ3) is 7.54. The monoisotopic (exact) mass is 488 g/mol. The van der Waals surface area contributed by atoms with Gasteiger partial charge in [-0.25, -0.2) is 8.42 Å². The van der Waals surface area contributed by atoms with Gasteiger partial charge in [0.1, 0.15) is 0 Å². The molecule has 0 aliphatic carbocycles. The summed E-state index contributed by atoms with van der Waals surface area (Å²) in [5, 5.41) is 5.50. The Labute approximate surface area is 200 Å². The maximum atomic E-state index is 13.1. The van der Waals surface area contributed by atoms with Crippen molar-refractivity contribution in [2.75, 3.05) is 29.4 Å². The van der Waals surface area contributed by atoms with Gasteiger partial charge in [-0.15, -0.1) is 0 Å². The van der Waals surface area contributed by atoms with Crippen LogP contribution >= 0.6 is 0 Å². The number of morpholine rings is 1. The Morgan fingerprint density at radius 1 is 1.06 bits per heavy atom. The standard InChI is InChI=1S/C24H32N4O5S/c1-16-13-28(14-17(2)33-16)15-20-8-6-5-7-19(20)12-25-24(30)22-11-21(26-18(3)29)9-10-23(22)27-34(4,31)32/h5-11,16-17,27H,12-15H2,1-4H3,(H,25,30)(H,26,29). The van der Waals surface area contributed by atoms with Crippen LogP contribution in [0.15, 0.2) is 42.5 Å². The number of nitrogens with one attached hydrogen (secondary N) is 3. The molecule has 0 bridgehead atoms. The summed E-state index contributed by atoms with van der Waals surface area (Å²) < 4.78 is 31.7. The summed E-state index contributed by atoms with van der Waals surface area (Å²) in [6.07, 6.45) is 1.33. The number of carbonyl (C=O) groups excluding carboxylic acids is 2. The molecule has 1 aliphatic rings. The molecule has 1 fully saturated rings. The normalized spacial score (nSPS) is 18.8. The SMILES string of the molecule is CC(=O)Nc1ccc(NS(C)(=O)=O)c(C(=O)NCc2ccccc2CN2CC(C)OC(C)C2)c1. The van der Waals surface area contributed by atoms with E-state index in [1.807, 2.05) is 24.3 Å². The fraction of sp³-hybridized carbons (Fsp3) is 0.417. The van der Waals surface area contributed by atoms with Crippen molar-refractivity contribution in [1.82, 2.24) is 10.2 Å². The van der Waals surface area contributed by atoms with Crippen LogP contribution in [0.25, 0.3) is 0 Å². The van der Waals surface area contributed by atoms with Crippen molar-refractivity contribution in [2.45, 2.75) is 46.1 Å². The first-order valence-electron chi connectivity index (χ1n) is 11.1. The second-order valence-corrected chi connectivity index (χ2v) is 10.5. The topological polar surface area (TPSA) is 117 Å². The highest BCUT2D eigenvalue weighted by Gasteiger charge is 2.23. The van der Waals surface area contributed by atoms with E-state index >= 15 is 0 Å². The van der Waals surface area contributed by atoms with E-state index in [1.165, 1.54) is 25.1 Å². The van der Waals surface area contributed by atoms with E-state index in [0.717, 1.165) is 37.0 Å². The number of carbonyl (C=O) groups is 2. The van der Waals surface area contributed by atoms with Crippen molar-refractivity contribution in [2.24, 2.45) is 0 Å². The number of benzene rings is 2. The molecule has 1 aliphatic heterocycles. The summed E-state index contributed by atoms with van der Waals surface area (Å²) in [7, 11) is -3.60. The Balaban J connectivity index is 1.77. The molecule has 1 saturated heterocycles. The Morgan fingerprint density at radius 3 is 2.32 bits per heavy atom. The molecule has 0 saturated carbocycles. The lowest BCUT2D eigenvalue weighted by Gasteiger charge is -2.35. The van der Waals surface area contributed by atoms with E-state index in [1.54, 1.807) is 0 Å². The minimum absolute atomic E-state index is 0.116. The summed E-state index contributed by atoms with van der Waals surface area (Å²) in [4.78, 5) is 26.8. The molecule has 2 amide bonds. The van der Waals surface area contributed by atoms with Gasteiger partial charge in [-0.2, -0.15) is 0 Å². The predicted molar refractivity (Wildman–Crippen MR) is 132 cm³/mol. The average molecular weight is 489 g/mol. The van der Waals surface area contributed by atoms with Crippen molar-refractivity contribution < 1.29 is 22.7 Å². The van der Waals surface area contributed by atoms with Crippen LogP contribution in [0.2, 0.25) is 0 Å². The second kappa shape index (κ2) is 11.0. The molecule has 3 rings (SSSR count). The molecule has 34 heavy (non-hydrogen) atoms. The summed E-state index contributed by atoms with van der Waals surface area (Å²) >= 11 is 0. The third-order valence-electron chi connectivity index (χ3n) is 5.33. The van der Waals surface area contributed by atoms with Gasteiger partial charge in [-0.1, -0.05) is 24.3 Å². The highest BCUT2D eigenvalue weighted by molar-refractivity contribution is 7.92. The Kier molecular flexibility index (Phi) is 8.29. The second-order valence-electron chi connectivity index (χ2n) is 8.72. The van der Waals surface area contributed by atoms with Crippen molar-refractivity contribution in [3.63, 3.8) is 0 Å². The molecule has 2 unspecified atom stereocenters. The first-order chi connectivity index (χ1) is 16.0. The summed E-state index contributed by atoms with van der Waals surface area (Å²) in [5.41, 5.74) is 2.72. The molecule has 0 spiro atoms. The Hall–Kier alpha value is -2.95. The van der Waals surface area contributed by atoms with Crippen LogP contribution in [0, 0.1) is 0 Å². The minimum Gasteiger partial charge on any atom is -0.373 e. The summed E-state index contributed by atoms with van der Waals surface area (Å²) in [6.45, 7) is 8.16. The van der Waals surface area contributed by atoms with Crippen molar-refractivity contribution in [3.8, 4) is 0 Å². The maximum absolute atomic E-state index is 13.1. The molecular weight excluding hydrogens is 456 g/mol. The Bertz CT molecular complexity index is 1140. The predicted octanol–water partition coefficient (Wildman–Crippen LogP) is 2.56. The molecule has 2 atom stereocenters. The molecule has 184 valence electrons. The number of hydrogen-bond acceptors (Lipinski definition) is 6. The van der Waals surface area contributed by atoms with E-state index in [-0.39, 0.29) is 35.9 Å². The molecule has 3 N–H and O–H groups in total. The summed E-state index contributed by atoms with van der Waals surface area (Å²) in [5.74, 6) is -0.752. The van der Waals surface area contributed by atoms with Crippen LogP contribution in [0.1, 0.15) is 42.3 Å². The fourth-order valence-electron chi connectivity index (χ4n) is 4.11. The smallest absolute Gasteiger partial charge is 0.253 e. The molecular formula is C24H32N4O5S. The molecule has 0 radical (unpaired) electrons. The number of sulfonamides is 1. The number of amides is 2. The first-order valence-corrected chi connectivity index (χ1v) is 13.0. The van der Waals surface area contributed by atoms with Gasteiger partial charge in [0.05, 0.1) is 29.7 Å². The van der Waals surface area contributed by atoms with Gasteiger partial charge in [0.2, 0.25) is 15.9 Å². The van der Waals surface area contributed by atoms with Gasteiger partial charge in [-0.3, -0.25) is 19.2 Å². The van der Waals surface area contributed by atoms with Gasteiger partial charge in [-0.05, 0) is 43.2 Å². The van der Waals surface area contributed by atoms with Crippen LogP contribution in [0.3, 0.4) is 0 Å². The highest BCUT2D eigenvalue weighted by Crippen LogP contribution is 2.23. The Morgan fingerprint density at radius 2 is 1.71 bits per heavy atom.